The highest BCUT2D eigenvalue weighted by atomic mass is 16.5. The molecule has 0 aromatic heterocycles. The van der Waals surface area contributed by atoms with Gasteiger partial charge in [-0.1, -0.05) is 24.9 Å². The molecule has 1 saturated carbocycles. The third-order valence-electron chi connectivity index (χ3n) is 3.47. The average Bonchev–Trinajstić information content (AvgIpc) is 2.36. The topological polar surface area (TPSA) is 58.9 Å². The van der Waals surface area contributed by atoms with Gasteiger partial charge in [0.15, 0.2) is 0 Å². The molecule has 0 aliphatic heterocycles. The zero-order valence-electron chi connectivity index (χ0n) is 10.8. The molecular formula is C13H23NO3. The molecule has 4 heteroatoms. The van der Waals surface area contributed by atoms with Crippen molar-refractivity contribution in [3.63, 3.8) is 0 Å². The first-order valence-corrected chi connectivity index (χ1v) is 6.59. The Morgan fingerprint density at radius 3 is 2.88 bits per heavy atom. The summed E-state index contributed by atoms with van der Waals surface area (Å²) in [7, 11) is 0. The van der Waals surface area contributed by atoms with E-state index in [0.29, 0.717) is 13.0 Å². The smallest absolute Gasteiger partial charge is 0.309 e. The van der Waals surface area contributed by atoms with Crippen LogP contribution in [0.15, 0.2) is 5.16 Å². The van der Waals surface area contributed by atoms with Crippen molar-refractivity contribution in [1.82, 2.24) is 0 Å². The van der Waals surface area contributed by atoms with E-state index < -0.39 is 0 Å². The maximum absolute atomic E-state index is 11.8. The average molecular weight is 241 g/mol. The minimum Gasteiger partial charge on any atom is -0.466 e. The molecule has 17 heavy (non-hydrogen) atoms. The van der Waals surface area contributed by atoms with Gasteiger partial charge < -0.3 is 9.94 Å². The summed E-state index contributed by atoms with van der Waals surface area (Å²) in [6.07, 6.45) is 5.45. The lowest BCUT2D eigenvalue weighted by atomic mass is 9.76. The van der Waals surface area contributed by atoms with Crippen molar-refractivity contribution in [1.29, 1.82) is 0 Å². The Morgan fingerprint density at radius 2 is 2.29 bits per heavy atom. The number of rotatable bonds is 5. The molecule has 1 fully saturated rings. The first-order chi connectivity index (χ1) is 8.22. The molecule has 0 amide bonds. The van der Waals surface area contributed by atoms with E-state index in [0.717, 1.165) is 37.8 Å². The van der Waals surface area contributed by atoms with Gasteiger partial charge in [-0.15, -0.1) is 0 Å². The van der Waals surface area contributed by atoms with E-state index >= 15 is 0 Å². The van der Waals surface area contributed by atoms with Crippen molar-refractivity contribution in [3.05, 3.63) is 0 Å². The second kappa shape index (κ2) is 7.30. The zero-order chi connectivity index (χ0) is 12.7. The predicted molar refractivity (Wildman–Crippen MR) is 66.2 cm³/mol. The summed E-state index contributed by atoms with van der Waals surface area (Å²) >= 11 is 0. The Morgan fingerprint density at radius 1 is 1.53 bits per heavy atom. The van der Waals surface area contributed by atoms with Crippen LogP contribution < -0.4 is 0 Å². The number of esters is 1. The van der Waals surface area contributed by atoms with Crippen LogP contribution in [0.2, 0.25) is 0 Å². The summed E-state index contributed by atoms with van der Waals surface area (Å²) in [4.78, 5) is 11.8. The quantitative estimate of drug-likeness (QED) is 0.457. The second-order valence-electron chi connectivity index (χ2n) is 4.67. The van der Waals surface area contributed by atoms with E-state index in [-0.39, 0.29) is 17.8 Å². The largest absolute Gasteiger partial charge is 0.466 e. The van der Waals surface area contributed by atoms with E-state index in [9.17, 15) is 4.79 Å². The van der Waals surface area contributed by atoms with E-state index in [4.69, 9.17) is 9.94 Å². The molecule has 0 heterocycles. The highest BCUT2D eigenvalue weighted by molar-refractivity contribution is 5.87. The fraction of sp³-hybridized carbons (Fsp3) is 0.846. The molecule has 98 valence electrons. The fourth-order valence-electron chi connectivity index (χ4n) is 2.52. The van der Waals surface area contributed by atoms with Crippen LogP contribution in [0.25, 0.3) is 0 Å². The molecule has 1 aliphatic rings. The molecule has 1 rings (SSSR count). The molecule has 4 nitrogen and oxygen atoms in total. The van der Waals surface area contributed by atoms with Crippen LogP contribution in [-0.2, 0) is 9.53 Å². The molecular weight excluding hydrogens is 218 g/mol. The number of carbonyl (C=O) groups is 1. The molecule has 2 atom stereocenters. The van der Waals surface area contributed by atoms with E-state index in [2.05, 4.69) is 12.1 Å². The lowest BCUT2D eigenvalue weighted by Crippen LogP contribution is -2.32. The lowest BCUT2D eigenvalue weighted by Gasteiger charge is -2.30. The van der Waals surface area contributed by atoms with Gasteiger partial charge in [0.1, 0.15) is 0 Å². The minimum absolute atomic E-state index is 0.00741. The fourth-order valence-corrected chi connectivity index (χ4v) is 2.52. The van der Waals surface area contributed by atoms with Gasteiger partial charge in [-0.25, -0.2) is 0 Å². The molecule has 0 aromatic rings. The molecule has 0 radical (unpaired) electrons. The number of hydrogen-bond acceptors (Lipinski definition) is 4. The van der Waals surface area contributed by atoms with Crippen molar-refractivity contribution in [2.45, 2.75) is 52.4 Å². The summed E-state index contributed by atoms with van der Waals surface area (Å²) < 4.78 is 5.12. The van der Waals surface area contributed by atoms with Gasteiger partial charge in [-0.3, -0.25) is 4.79 Å². The molecule has 0 bridgehead atoms. The van der Waals surface area contributed by atoms with E-state index in [1.807, 2.05) is 6.92 Å². The van der Waals surface area contributed by atoms with E-state index in [1.54, 1.807) is 0 Å². The Labute approximate surface area is 103 Å². The molecule has 1 N–H and O–H groups in total. The second-order valence-corrected chi connectivity index (χ2v) is 4.67. The monoisotopic (exact) mass is 241 g/mol. The van der Waals surface area contributed by atoms with Gasteiger partial charge in [-0.05, 0) is 38.5 Å². The van der Waals surface area contributed by atoms with Crippen LogP contribution in [-0.4, -0.2) is 23.5 Å². The van der Waals surface area contributed by atoms with Gasteiger partial charge in [0, 0.05) is 0 Å². The minimum atomic E-state index is -0.0782. The Bertz CT molecular complexity index is 276. The molecule has 1 aliphatic carbocycles. The standard InChI is InChI=1S/C13H23NO3/c1-3-5-6-10-9-11(14-16)7-8-12(10)13(15)17-4-2/h10,12,16H,3-9H2,1-2H3/t10-,12+/m0/s1. The first-order valence-electron chi connectivity index (χ1n) is 6.59. The van der Waals surface area contributed by atoms with Crippen LogP contribution in [0.1, 0.15) is 52.4 Å². The van der Waals surface area contributed by atoms with Crippen molar-refractivity contribution < 1.29 is 14.7 Å². The lowest BCUT2D eigenvalue weighted by molar-refractivity contribution is -0.150. The highest BCUT2D eigenvalue weighted by Gasteiger charge is 2.34. The maximum Gasteiger partial charge on any atom is 0.309 e. The van der Waals surface area contributed by atoms with Gasteiger partial charge in [0.2, 0.25) is 0 Å². The highest BCUT2D eigenvalue weighted by Crippen LogP contribution is 2.33. The summed E-state index contributed by atoms with van der Waals surface area (Å²) in [6, 6.07) is 0. The molecule has 0 aromatic carbocycles. The first kappa shape index (κ1) is 14.0. The van der Waals surface area contributed by atoms with Crippen molar-refractivity contribution in [2.75, 3.05) is 6.61 Å². The third-order valence-corrected chi connectivity index (χ3v) is 3.47. The SMILES string of the molecule is CCCC[C@H]1CC(=NO)CC[C@H]1C(=O)OCC. The molecule has 0 unspecified atom stereocenters. The Kier molecular flexibility index (Phi) is 6.01. The summed E-state index contributed by atoms with van der Waals surface area (Å²) in [5.41, 5.74) is 0.826. The zero-order valence-corrected chi connectivity index (χ0v) is 10.8. The predicted octanol–water partition coefficient (Wildman–Crippen LogP) is 2.99. The number of carbonyl (C=O) groups excluding carboxylic acids is 1. The Hall–Kier alpha value is -1.06. The van der Waals surface area contributed by atoms with Crippen molar-refractivity contribution in [2.24, 2.45) is 17.0 Å². The number of oxime groups is 1. The summed E-state index contributed by atoms with van der Waals surface area (Å²) in [6.45, 7) is 4.42. The number of unbranched alkanes of at least 4 members (excludes halogenated alkanes) is 1. The normalized spacial score (nSPS) is 27.1. The van der Waals surface area contributed by atoms with Crippen LogP contribution in [0.5, 0.6) is 0 Å². The van der Waals surface area contributed by atoms with Crippen LogP contribution in [0, 0.1) is 11.8 Å². The van der Waals surface area contributed by atoms with E-state index in [1.165, 1.54) is 0 Å². The van der Waals surface area contributed by atoms with Crippen LogP contribution in [0.3, 0.4) is 0 Å². The maximum atomic E-state index is 11.8. The number of nitrogens with zero attached hydrogens (tertiary/aromatic N) is 1. The third kappa shape index (κ3) is 4.02. The van der Waals surface area contributed by atoms with Gasteiger partial charge in [0.05, 0.1) is 18.2 Å². The Balaban J connectivity index is 2.62. The summed E-state index contributed by atoms with van der Waals surface area (Å²) in [5, 5.41) is 12.1. The van der Waals surface area contributed by atoms with Crippen molar-refractivity contribution in [3.8, 4) is 0 Å². The van der Waals surface area contributed by atoms with Gasteiger partial charge in [-0.2, -0.15) is 0 Å². The molecule has 0 spiro atoms. The molecule has 0 saturated heterocycles. The van der Waals surface area contributed by atoms with Gasteiger partial charge >= 0.3 is 5.97 Å². The van der Waals surface area contributed by atoms with Crippen LogP contribution >= 0.6 is 0 Å². The van der Waals surface area contributed by atoms with Crippen LogP contribution in [0.4, 0.5) is 0 Å². The van der Waals surface area contributed by atoms with Crippen molar-refractivity contribution >= 4 is 11.7 Å². The summed E-state index contributed by atoms with van der Waals surface area (Å²) in [5.74, 6) is 0.200. The number of ether oxygens (including phenoxy) is 1. The van der Waals surface area contributed by atoms with Gasteiger partial charge in [0.25, 0.3) is 0 Å². The number of hydrogen-bond donors (Lipinski definition) is 1.